The fourth-order valence-electron chi connectivity index (χ4n) is 5.97. The van der Waals surface area contributed by atoms with E-state index in [0.29, 0.717) is 61.1 Å². The van der Waals surface area contributed by atoms with Gasteiger partial charge in [-0.25, -0.2) is 24.6 Å². The Morgan fingerprint density at radius 3 is 2.84 bits per heavy atom. The second-order valence-corrected chi connectivity index (χ2v) is 11.4. The van der Waals surface area contributed by atoms with Crippen molar-refractivity contribution in [3.63, 3.8) is 0 Å². The van der Waals surface area contributed by atoms with Crippen LogP contribution in [0.15, 0.2) is 88.5 Å². The third-order valence-electron chi connectivity index (χ3n) is 8.04. The fraction of sp³-hybridized carbons (Fsp3) is 0.125. The lowest BCUT2D eigenvalue weighted by molar-refractivity contribution is 0.0937. The molecule has 1 atom stereocenters. The van der Waals surface area contributed by atoms with Crippen LogP contribution in [0.4, 0.5) is 5.82 Å². The van der Waals surface area contributed by atoms with Crippen molar-refractivity contribution in [1.29, 1.82) is 0 Å². The molecule has 1 unspecified atom stereocenters. The monoisotopic (exact) mass is 661 g/mol. The Morgan fingerprint density at radius 2 is 2.02 bits per heavy atom. The molecule has 0 aliphatic heterocycles. The Kier molecular flexibility index (Phi) is 6.34. The molecular weight excluding hydrogens is 638 g/mol. The van der Waals surface area contributed by atoms with Crippen LogP contribution in [0.3, 0.4) is 0 Å². The van der Waals surface area contributed by atoms with Crippen LogP contribution in [-0.2, 0) is 6.42 Å². The Hall–Kier alpha value is -5.56. The lowest BCUT2D eigenvalue weighted by atomic mass is 10.1. The Labute approximate surface area is 264 Å². The molecule has 0 saturated heterocycles. The first-order chi connectivity index (χ1) is 22.0. The van der Waals surface area contributed by atoms with Crippen molar-refractivity contribution in [3.8, 4) is 28.6 Å². The topological polar surface area (TPSA) is 152 Å². The summed E-state index contributed by atoms with van der Waals surface area (Å²) in [5.41, 5.74) is 12.7. The van der Waals surface area contributed by atoms with Gasteiger partial charge in [-0.15, -0.1) is 0 Å². The molecule has 13 heteroatoms. The van der Waals surface area contributed by atoms with Gasteiger partial charge in [0, 0.05) is 24.3 Å². The van der Waals surface area contributed by atoms with Gasteiger partial charge in [0.1, 0.15) is 11.3 Å². The summed E-state index contributed by atoms with van der Waals surface area (Å²) in [6, 6.07) is 17.1. The lowest BCUT2D eigenvalue weighted by Gasteiger charge is -2.16. The highest BCUT2D eigenvalue weighted by Gasteiger charge is 2.28. The normalized spacial score (nSPS) is 14.2. The van der Waals surface area contributed by atoms with Gasteiger partial charge in [-0.05, 0) is 88.4 Å². The molecule has 1 amide bonds. The summed E-state index contributed by atoms with van der Waals surface area (Å²) in [5, 5.41) is 7.54. The van der Waals surface area contributed by atoms with Crippen molar-refractivity contribution >= 4 is 49.9 Å². The standard InChI is InChI=1S/C32H24BrN9O3/c1-44-28-22(33)15-21(27-26(28)36-16-45-27)32(43)39-23-8-5-17-14-18(6-7-19(17)23)42-30(20-4-2-11-35-29(20)34)38-24-9-10-25(40-31(24)42)41-13-3-12-37-41/h2-4,6-7,9-16,23H,5,8H2,1H3,(H2,34,35)(H,39,43). The number of halogens is 1. The molecule has 45 heavy (non-hydrogen) atoms. The van der Waals surface area contributed by atoms with Gasteiger partial charge in [0.15, 0.2) is 40.5 Å². The lowest BCUT2D eigenvalue weighted by Crippen LogP contribution is -2.27. The molecule has 0 fully saturated rings. The highest BCUT2D eigenvalue weighted by atomic mass is 79.9. The molecule has 8 rings (SSSR count). The van der Waals surface area contributed by atoms with Gasteiger partial charge in [-0.3, -0.25) is 9.36 Å². The number of anilines is 1. The summed E-state index contributed by atoms with van der Waals surface area (Å²) < 4.78 is 15.3. The molecule has 0 radical (unpaired) electrons. The number of hydrogen-bond acceptors (Lipinski definition) is 9. The van der Waals surface area contributed by atoms with Crippen LogP contribution in [0.2, 0.25) is 0 Å². The van der Waals surface area contributed by atoms with Gasteiger partial charge >= 0.3 is 0 Å². The van der Waals surface area contributed by atoms with E-state index < -0.39 is 0 Å². The molecule has 2 aromatic carbocycles. The Bertz CT molecular complexity index is 2260. The first-order valence-corrected chi connectivity index (χ1v) is 14.9. The van der Waals surface area contributed by atoms with E-state index in [0.717, 1.165) is 29.7 Å². The molecule has 5 aromatic heterocycles. The van der Waals surface area contributed by atoms with E-state index in [9.17, 15) is 4.79 Å². The molecule has 12 nitrogen and oxygen atoms in total. The number of nitrogens with one attached hydrogen (secondary N) is 1. The van der Waals surface area contributed by atoms with Crippen molar-refractivity contribution in [3.05, 3.63) is 101 Å². The quantitative estimate of drug-likeness (QED) is 0.233. The van der Waals surface area contributed by atoms with E-state index in [2.05, 4.69) is 48.4 Å². The largest absolute Gasteiger partial charge is 0.493 e. The number of amides is 1. The molecule has 7 aromatic rings. The van der Waals surface area contributed by atoms with Gasteiger partial charge in [0.25, 0.3) is 5.91 Å². The maximum Gasteiger partial charge on any atom is 0.255 e. The number of nitrogen functional groups attached to an aromatic ring is 1. The van der Waals surface area contributed by atoms with Gasteiger partial charge in [-0.1, -0.05) is 6.07 Å². The number of hydrogen-bond donors (Lipinski definition) is 2. The van der Waals surface area contributed by atoms with E-state index >= 15 is 0 Å². The maximum absolute atomic E-state index is 13.5. The van der Waals surface area contributed by atoms with Crippen molar-refractivity contribution in [1.82, 2.24) is 39.6 Å². The smallest absolute Gasteiger partial charge is 0.255 e. The van der Waals surface area contributed by atoms with Gasteiger partial charge in [-0.2, -0.15) is 5.10 Å². The zero-order valence-electron chi connectivity index (χ0n) is 23.8. The molecule has 0 bridgehead atoms. The summed E-state index contributed by atoms with van der Waals surface area (Å²) in [5.74, 6) is 1.92. The number of carbonyl (C=O) groups excluding carboxylic acids is 1. The summed E-state index contributed by atoms with van der Waals surface area (Å²) in [7, 11) is 1.55. The van der Waals surface area contributed by atoms with Crippen molar-refractivity contribution in [2.45, 2.75) is 18.9 Å². The van der Waals surface area contributed by atoms with Crippen LogP contribution in [0.25, 0.3) is 45.2 Å². The van der Waals surface area contributed by atoms with Crippen molar-refractivity contribution < 1.29 is 13.9 Å². The number of oxazole rings is 1. The Balaban J connectivity index is 1.18. The predicted octanol–water partition coefficient (Wildman–Crippen LogP) is 5.58. The minimum atomic E-state index is -0.257. The molecule has 222 valence electrons. The number of ether oxygens (including phenoxy) is 1. The number of aromatic nitrogens is 7. The van der Waals surface area contributed by atoms with Crippen molar-refractivity contribution in [2.75, 3.05) is 12.8 Å². The average molecular weight is 663 g/mol. The van der Waals surface area contributed by atoms with E-state index in [-0.39, 0.29) is 11.9 Å². The van der Waals surface area contributed by atoms with E-state index in [4.69, 9.17) is 24.9 Å². The number of imidazole rings is 1. The first-order valence-electron chi connectivity index (χ1n) is 14.1. The second kappa shape index (κ2) is 10.6. The summed E-state index contributed by atoms with van der Waals surface area (Å²) >= 11 is 3.49. The summed E-state index contributed by atoms with van der Waals surface area (Å²) in [4.78, 5) is 31.9. The summed E-state index contributed by atoms with van der Waals surface area (Å²) in [6.45, 7) is 0. The molecule has 1 aliphatic rings. The first kappa shape index (κ1) is 27.0. The molecule has 0 saturated carbocycles. The second-order valence-electron chi connectivity index (χ2n) is 10.6. The number of fused-ring (bicyclic) bond motifs is 3. The number of pyridine rings is 2. The van der Waals surface area contributed by atoms with E-state index in [1.165, 1.54) is 6.39 Å². The number of nitrogens with zero attached hydrogens (tertiary/aromatic N) is 7. The molecule has 3 N–H and O–H groups in total. The molecule has 0 spiro atoms. The van der Waals surface area contributed by atoms with E-state index in [1.807, 2.05) is 47.2 Å². The minimum Gasteiger partial charge on any atom is -0.493 e. The van der Waals surface area contributed by atoms with Crippen LogP contribution in [0, 0.1) is 0 Å². The zero-order chi connectivity index (χ0) is 30.7. The highest BCUT2D eigenvalue weighted by Crippen LogP contribution is 2.38. The zero-order valence-corrected chi connectivity index (χ0v) is 25.4. The van der Waals surface area contributed by atoms with Crippen LogP contribution in [0.1, 0.15) is 33.9 Å². The van der Waals surface area contributed by atoms with Gasteiger partial charge < -0.3 is 20.2 Å². The third-order valence-corrected chi connectivity index (χ3v) is 8.63. The van der Waals surface area contributed by atoms with Crippen LogP contribution in [-0.4, -0.2) is 47.3 Å². The van der Waals surface area contributed by atoms with Crippen LogP contribution < -0.4 is 15.8 Å². The van der Waals surface area contributed by atoms with E-state index in [1.54, 1.807) is 30.3 Å². The highest BCUT2D eigenvalue weighted by molar-refractivity contribution is 9.10. The molecule has 5 heterocycles. The van der Waals surface area contributed by atoms with Crippen LogP contribution in [0.5, 0.6) is 5.75 Å². The number of methoxy groups -OCH3 is 1. The number of nitrogens with two attached hydrogens (primary N) is 1. The Morgan fingerprint density at radius 1 is 1.11 bits per heavy atom. The fourth-order valence-corrected chi connectivity index (χ4v) is 6.55. The van der Waals surface area contributed by atoms with Gasteiger partial charge in [0.05, 0.1) is 28.8 Å². The number of rotatable bonds is 6. The maximum atomic E-state index is 13.5. The average Bonchev–Trinajstić information content (AvgIpc) is 3.87. The third kappa shape index (κ3) is 4.42. The van der Waals surface area contributed by atoms with Crippen LogP contribution >= 0.6 is 15.9 Å². The molecular formula is C32H24BrN9O3. The number of carbonyl (C=O) groups is 1. The minimum absolute atomic E-state index is 0.182. The van der Waals surface area contributed by atoms with Crippen molar-refractivity contribution in [2.24, 2.45) is 0 Å². The number of aryl methyl sites for hydroxylation is 1. The summed E-state index contributed by atoms with van der Waals surface area (Å²) in [6.07, 6.45) is 8.04. The predicted molar refractivity (Wildman–Crippen MR) is 170 cm³/mol. The SMILES string of the molecule is COc1c(Br)cc(C(=O)NC2CCc3cc(-n4c(-c5cccnc5N)nc5ccc(-n6cccn6)nc54)ccc32)c2ocnc12. The number of benzene rings is 2. The molecule has 1 aliphatic carbocycles. The van der Waals surface area contributed by atoms with Gasteiger partial charge in [0.2, 0.25) is 0 Å².